The van der Waals surface area contributed by atoms with E-state index in [-0.39, 0.29) is 17.9 Å². The van der Waals surface area contributed by atoms with E-state index in [0.29, 0.717) is 0 Å². The molecule has 4 heteroatoms. The van der Waals surface area contributed by atoms with Crippen LogP contribution < -0.4 is 5.32 Å². The first-order valence-electron chi connectivity index (χ1n) is 6.46. The van der Waals surface area contributed by atoms with Crippen LogP contribution in [0.2, 0.25) is 0 Å². The summed E-state index contributed by atoms with van der Waals surface area (Å²) in [5.74, 6) is -0.0848. The van der Waals surface area contributed by atoms with Gasteiger partial charge in [-0.25, -0.2) is 0 Å². The smallest absolute Gasteiger partial charge is 0.253 e. The van der Waals surface area contributed by atoms with Gasteiger partial charge in [0.15, 0.2) is 0 Å². The maximum atomic E-state index is 12.3. The minimum Gasteiger partial charge on any atom is -0.348 e. The van der Waals surface area contributed by atoms with Gasteiger partial charge in [0.25, 0.3) is 5.91 Å². The minimum absolute atomic E-state index is 0.0103. The molecule has 0 radical (unpaired) electrons. The molecule has 2 unspecified atom stereocenters. The molecule has 0 aliphatic heterocycles. The van der Waals surface area contributed by atoms with E-state index in [1.54, 1.807) is 11.3 Å². The molecule has 1 saturated carbocycles. The zero-order valence-electron chi connectivity index (χ0n) is 10.4. The number of fused-ring (bicyclic) bond motifs is 1. The van der Waals surface area contributed by atoms with Crippen LogP contribution in [0, 0.1) is 17.2 Å². The first-order chi connectivity index (χ1) is 9.29. The second-order valence-electron chi connectivity index (χ2n) is 4.89. The van der Waals surface area contributed by atoms with E-state index in [0.717, 1.165) is 34.9 Å². The van der Waals surface area contributed by atoms with Crippen LogP contribution in [0.5, 0.6) is 0 Å². The average molecular weight is 270 g/mol. The third-order valence-electron chi connectivity index (χ3n) is 3.72. The molecule has 0 saturated heterocycles. The average Bonchev–Trinajstić information content (AvgIpc) is 3.04. The number of nitrogens with zero attached hydrogens (tertiary/aromatic N) is 1. The van der Waals surface area contributed by atoms with Gasteiger partial charge in [0.05, 0.1) is 17.6 Å². The van der Waals surface area contributed by atoms with Crippen LogP contribution in [-0.4, -0.2) is 11.9 Å². The van der Waals surface area contributed by atoms with Crippen LogP contribution in [0.3, 0.4) is 0 Å². The molecule has 1 aromatic heterocycles. The highest BCUT2D eigenvalue weighted by Crippen LogP contribution is 2.28. The maximum Gasteiger partial charge on any atom is 0.253 e. The van der Waals surface area contributed by atoms with Crippen LogP contribution in [0.15, 0.2) is 29.6 Å². The van der Waals surface area contributed by atoms with Crippen molar-refractivity contribution in [2.75, 3.05) is 0 Å². The van der Waals surface area contributed by atoms with Gasteiger partial charge >= 0.3 is 0 Å². The second kappa shape index (κ2) is 5.02. The van der Waals surface area contributed by atoms with E-state index in [9.17, 15) is 4.79 Å². The standard InChI is InChI=1S/C15H14N2OS/c16-8-10-4-3-6-13(10)17-15(18)12-9-19-14-7-2-1-5-11(12)14/h1-2,5,7,9-10,13H,3-4,6H2,(H,17,18). The van der Waals surface area contributed by atoms with Gasteiger partial charge < -0.3 is 5.32 Å². The molecule has 2 aromatic rings. The van der Waals surface area contributed by atoms with Crippen molar-refractivity contribution in [3.05, 3.63) is 35.2 Å². The SMILES string of the molecule is N#CC1CCCC1NC(=O)c1csc2ccccc12. The molecular weight excluding hydrogens is 256 g/mol. The number of benzene rings is 1. The molecule has 3 nitrogen and oxygen atoms in total. The van der Waals surface area contributed by atoms with Crippen LogP contribution in [0.1, 0.15) is 29.6 Å². The number of rotatable bonds is 2. The van der Waals surface area contributed by atoms with Crippen molar-refractivity contribution >= 4 is 27.3 Å². The summed E-state index contributed by atoms with van der Waals surface area (Å²) >= 11 is 1.58. The lowest BCUT2D eigenvalue weighted by Gasteiger charge is -2.15. The van der Waals surface area contributed by atoms with Crippen LogP contribution in [0.25, 0.3) is 10.1 Å². The Labute approximate surface area is 115 Å². The monoisotopic (exact) mass is 270 g/mol. The molecular formula is C15H14N2OS. The van der Waals surface area contributed by atoms with Gasteiger partial charge in [-0.05, 0) is 25.3 Å². The minimum atomic E-state index is -0.0513. The number of carbonyl (C=O) groups excluding carboxylic acids is 1. The molecule has 0 spiro atoms. The number of thiophene rings is 1. The molecule has 3 rings (SSSR count). The number of nitriles is 1. The van der Waals surface area contributed by atoms with Crippen molar-refractivity contribution in [1.29, 1.82) is 5.26 Å². The van der Waals surface area contributed by atoms with Gasteiger partial charge in [-0.15, -0.1) is 11.3 Å². The second-order valence-corrected chi connectivity index (χ2v) is 5.80. The van der Waals surface area contributed by atoms with Crippen LogP contribution >= 0.6 is 11.3 Å². The van der Waals surface area contributed by atoms with Crippen LogP contribution in [0.4, 0.5) is 0 Å². The van der Waals surface area contributed by atoms with E-state index in [1.807, 2.05) is 29.6 Å². The van der Waals surface area contributed by atoms with Gasteiger partial charge in [-0.2, -0.15) is 5.26 Å². The highest BCUT2D eigenvalue weighted by atomic mass is 32.1. The first kappa shape index (κ1) is 12.2. The van der Waals surface area contributed by atoms with Gasteiger partial charge in [0.1, 0.15) is 0 Å². The largest absolute Gasteiger partial charge is 0.348 e. The van der Waals surface area contributed by atoms with Gasteiger partial charge in [0.2, 0.25) is 0 Å². The Bertz CT molecular complexity index is 655. The number of hydrogen-bond acceptors (Lipinski definition) is 3. The van der Waals surface area contributed by atoms with Gasteiger partial charge in [-0.1, -0.05) is 18.2 Å². The van der Waals surface area contributed by atoms with Crippen molar-refractivity contribution in [1.82, 2.24) is 5.32 Å². The first-order valence-corrected chi connectivity index (χ1v) is 7.34. The third kappa shape index (κ3) is 2.22. The quantitative estimate of drug-likeness (QED) is 0.910. The lowest BCUT2D eigenvalue weighted by Crippen LogP contribution is -2.36. The van der Waals surface area contributed by atoms with Gasteiger partial charge in [-0.3, -0.25) is 4.79 Å². The molecule has 1 aromatic carbocycles. The lowest BCUT2D eigenvalue weighted by molar-refractivity contribution is 0.0935. The molecule has 2 atom stereocenters. The summed E-state index contributed by atoms with van der Waals surface area (Å²) < 4.78 is 1.12. The van der Waals surface area contributed by atoms with Crippen molar-refractivity contribution in [3.8, 4) is 6.07 Å². The summed E-state index contributed by atoms with van der Waals surface area (Å²) in [6.45, 7) is 0. The van der Waals surface area contributed by atoms with Crippen molar-refractivity contribution in [3.63, 3.8) is 0 Å². The van der Waals surface area contributed by atoms with Crippen molar-refractivity contribution in [2.45, 2.75) is 25.3 Å². The Morgan fingerprint density at radius 2 is 2.21 bits per heavy atom. The molecule has 0 bridgehead atoms. The van der Waals surface area contributed by atoms with Crippen molar-refractivity contribution in [2.24, 2.45) is 5.92 Å². The summed E-state index contributed by atoms with van der Waals surface area (Å²) in [5, 5.41) is 15.0. The molecule has 96 valence electrons. The fourth-order valence-corrected chi connectivity index (χ4v) is 3.63. The summed E-state index contributed by atoms with van der Waals surface area (Å²) in [7, 11) is 0. The Kier molecular flexibility index (Phi) is 3.22. The number of hydrogen-bond donors (Lipinski definition) is 1. The predicted molar refractivity (Wildman–Crippen MR) is 76.0 cm³/mol. The lowest BCUT2D eigenvalue weighted by atomic mass is 10.1. The molecule has 19 heavy (non-hydrogen) atoms. The van der Waals surface area contributed by atoms with E-state index in [1.165, 1.54) is 0 Å². The Balaban J connectivity index is 1.83. The molecule has 1 amide bonds. The highest BCUT2D eigenvalue weighted by Gasteiger charge is 2.29. The summed E-state index contributed by atoms with van der Waals surface area (Å²) in [6.07, 6.45) is 2.82. The molecule has 1 heterocycles. The van der Waals surface area contributed by atoms with E-state index in [2.05, 4.69) is 11.4 Å². The summed E-state index contributed by atoms with van der Waals surface area (Å²) in [5.41, 5.74) is 0.726. The Morgan fingerprint density at radius 3 is 3.05 bits per heavy atom. The number of amides is 1. The molecule has 1 aliphatic carbocycles. The highest BCUT2D eigenvalue weighted by molar-refractivity contribution is 7.17. The third-order valence-corrected chi connectivity index (χ3v) is 4.69. The zero-order valence-corrected chi connectivity index (χ0v) is 11.2. The number of nitrogens with one attached hydrogen (secondary N) is 1. The molecule has 1 fully saturated rings. The fourth-order valence-electron chi connectivity index (χ4n) is 2.69. The Morgan fingerprint density at radius 1 is 1.37 bits per heavy atom. The van der Waals surface area contributed by atoms with Crippen LogP contribution in [-0.2, 0) is 0 Å². The van der Waals surface area contributed by atoms with Crippen molar-refractivity contribution < 1.29 is 4.79 Å². The van der Waals surface area contributed by atoms with E-state index < -0.39 is 0 Å². The molecule has 1 aliphatic rings. The fraction of sp³-hybridized carbons (Fsp3) is 0.333. The topological polar surface area (TPSA) is 52.9 Å². The summed E-state index contributed by atoms with van der Waals surface area (Å²) in [4.78, 5) is 12.3. The summed E-state index contributed by atoms with van der Waals surface area (Å²) in [6, 6.07) is 10.2. The zero-order chi connectivity index (χ0) is 13.2. The van der Waals surface area contributed by atoms with E-state index in [4.69, 9.17) is 5.26 Å². The maximum absolute atomic E-state index is 12.3. The number of carbonyl (C=O) groups is 1. The van der Waals surface area contributed by atoms with E-state index >= 15 is 0 Å². The Hall–Kier alpha value is -1.86. The molecule has 1 N–H and O–H groups in total. The predicted octanol–water partition coefficient (Wildman–Crippen LogP) is 3.32. The van der Waals surface area contributed by atoms with Gasteiger partial charge in [0, 0.05) is 21.5 Å². The normalized spacial score (nSPS) is 22.3.